The average Bonchev–Trinajstić information content (AvgIpc) is 2.60. The molecule has 1 fully saturated rings. The fraction of sp³-hybridized carbons (Fsp3) is 0.389. The van der Waals surface area contributed by atoms with Gasteiger partial charge in [0.25, 0.3) is 0 Å². The predicted octanol–water partition coefficient (Wildman–Crippen LogP) is 3.61. The van der Waals surface area contributed by atoms with Crippen molar-refractivity contribution in [3.05, 3.63) is 46.9 Å². The van der Waals surface area contributed by atoms with Gasteiger partial charge in [0, 0.05) is 37.2 Å². The number of pyridine rings is 2. The van der Waals surface area contributed by atoms with Gasteiger partial charge in [0.2, 0.25) is 0 Å². The third kappa shape index (κ3) is 3.95. The van der Waals surface area contributed by atoms with E-state index < -0.39 is 0 Å². The molecule has 124 valence electrons. The Morgan fingerprint density at radius 2 is 2.12 bits per heavy atom. The summed E-state index contributed by atoms with van der Waals surface area (Å²) in [4.78, 5) is 10.7. The van der Waals surface area contributed by atoms with E-state index in [2.05, 4.69) is 20.9 Å². The number of hydrogen-bond acceptors (Lipinski definition) is 5. The molecule has 2 aromatic heterocycles. The molecule has 1 aliphatic rings. The largest absolute Gasteiger partial charge is 0.493 e. The molecule has 0 aromatic carbocycles. The van der Waals surface area contributed by atoms with Crippen LogP contribution < -0.4 is 9.64 Å². The number of halogens is 1. The monoisotopic (exact) mass is 342 g/mol. The number of ether oxygens (including phenoxy) is 1. The normalized spacial score (nSPS) is 15.1. The molecular formula is C18H19ClN4O. The summed E-state index contributed by atoms with van der Waals surface area (Å²) in [6.07, 6.45) is 5.40. The zero-order valence-corrected chi connectivity index (χ0v) is 14.3. The Morgan fingerprint density at radius 1 is 1.33 bits per heavy atom. The summed E-state index contributed by atoms with van der Waals surface area (Å²) in [6, 6.07) is 7.57. The summed E-state index contributed by atoms with van der Waals surface area (Å²) in [5.74, 6) is 2.16. The number of hydrogen-bond donors (Lipinski definition) is 0. The van der Waals surface area contributed by atoms with Crippen molar-refractivity contribution in [1.29, 1.82) is 5.26 Å². The SMILES string of the molecule is Cc1cc(OCC2CCN(c3ncc(C#N)cc3Cl)CC2)ccn1. The zero-order chi connectivity index (χ0) is 16.9. The van der Waals surface area contributed by atoms with Crippen molar-refractivity contribution >= 4 is 17.4 Å². The third-order valence-electron chi connectivity index (χ3n) is 4.22. The lowest BCUT2D eigenvalue weighted by Crippen LogP contribution is -2.36. The second kappa shape index (κ2) is 7.50. The van der Waals surface area contributed by atoms with Gasteiger partial charge >= 0.3 is 0 Å². The van der Waals surface area contributed by atoms with Gasteiger partial charge < -0.3 is 9.64 Å². The predicted molar refractivity (Wildman–Crippen MR) is 93.4 cm³/mol. The number of anilines is 1. The highest BCUT2D eigenvalue weighted by Crippen LogP contribution is 2.28. The highest BCUT2D eigenvalue weighted by molar-refractivity contribution is 6.33. The molecular weight excluding hydrogens is 324 g/mol. The number of nitriles is 1. The van der Waals surface area contributed by atoms with Crippen molar-refractivity contribution in [2.75, 3.05) is 24.6 Å². The molecule has 0 radical (unpaired) electrons. The molecule has 1 saturated heterocycles. The summed E-state index contributed by atoms with van der Waals surface area (Å²) in [5, 5.41) is 9.43. The van der Waals surface area contributed by atoms with Crippen molar-refractivity contribution in [2.45, 2.75) is 19.8 Å². The molecule has 5 nitrogen and oxygen atoms in total. The van der Waals surface area contributed by atoms with Crippen molar-refractivity contribution < 1.29 is 4.74 Å². The van der Waals surface area contributed by atoms with Crippen LogP contribution in [-0.2, 0) is 0 Å². The molecule has 0 N–H and O–H groups in total. The summed E-state index contributed by atoms with van der Waals surface area (Å²) < 4.78 is 5.89. The number of aryl methyl sites for hydroxylation is 1. The molecule has 3 rings (SSSR count). The van der Waals surface area contributed by atoms with E-state index in [1.165, 1.54) is 0 Å². The number of aromatic nitrogens is 2. The van der Waals surface area contributed by atoms with Gasteiger partial charge in [-0.3, -0.25) is 4.98 Å². The van der Waals surface area contributed by atoms with Crippen LogP contribution in [0.15, 0.2) is 30.6 Å². The van der Waals surface area contributed by atoms with Crippen molar-refractivity contribution in [2.24, 2.45) is 5.92 Å². The molecule has 24 heavy (non-hydrogen) atoms. The lowest BCUT2D eigenvalue weighted by Gasteiger charge is -2.33. The summed E-state index contributed by atoms with van der Waals surface area (Å²) >= 11 is 6.25. The first-order valence-corrected chi connectivity index (χ1v) is 8.39. The van der Waals surface area contributed by atoms with E-state index in [0.29, 0.717) is 23.1 Å². The maximum atomic E-state index is 8.89. The molecule has 1 aliphatic heterocycles. The van der Waals surface area contributed by atoms with E-state index in [4.69, 9.17) is 21.6 Å². The second-order valence-electron chi connectivity index (χ2n) is 6.02. The van der Waals surface area contributed by atoms with Crippen molar-refractivity contribution in [1.82, 2.24) is 9.97 Å². The fourth-order valence-corrected chi connectivity index (χ4v) is 3.15. The van der Waals surface area contributed by atoms with E-state index in [9.17, 15) is 0 Å². The topological polar surface area (TPSA) is 62.0 Å². The van der Waals surface area contributed by atoms with E-state index >= 15 is 0 Å². The summed E-state index contributed by atoms with van der Waals surface area (Å²) in [5.41, 5.74) is 1.45. The highest BCUT2D eigenvalue weighted by atomic mass is 35.5. The Labute approximate surface area is 146 Å². The molecule has 0 unspecified atom stereocenters. The van der Waals surface area contributed by atoms with Gasteiger partial charge in [-0.1, -0.05) is 11.6 Å². The van der Waals surface area contributed by atoms with Gasteiger partial charge in [-0.25, -0.2) is 4.98 Å². The van der Waals surface area contributed by atoms with E-state index in [1.807, 2.05) is 19.1 Å². The first-order valence-electron chi connectivity index (χ1n) is 8.02. The van der Waals surface area contributed by atoms with Crippen molar-refractivity contribution in [3.8, 4) is 11.8 Å². The Hall–Kier alpha value is -2.32. The van der Waals surface area contributed by atoms with Gasteiger partial charge in [0.15, 0.2) is 0 Å². The first kappa shape index (κ1) is 16.5. The molecule has 0 amide bonds. The molecule has 3 heterocycles. The third-order valence-corrected chi connectivity index (χ3v) is 4.50. The molecule has 6 heteroatoms. The Bertz CT molecular complexity index is 751. The van der Waals surface area contributed by atoms with Gasteiger partial charge in [0.05, 0.1) is 17.2 Å². The van der Waals surface area contributed by atoms with Crippen LogP contribution in [0.4, 0.5) is 5.82 Å². The minimum atomic E-state index is 0.486. The number of rotatable bonds is 4. The summed E-state index contributed by atoms with van der Waals surface area (Å²) in [7, 11) is 0. The fourth-order valence-electron chi connectivity index (χ4n) is 2.86. The standard InChI is InChI=1S/C18H19ClN4O/c1-13-8-16(2-5-21-13)24-12-14-3-6-23(7-4-14)18-17(19)9-15(10-20)11-22-18/h2,5,8-9,11,14H,3-4,6-7,12H2,1H3. The minimum absolute atomic E-state index is 0.486. The van der Waals surface area contributed by atoms with Crippen LogP contribution in [0, 0.1) is 24.2 Å². The van der Waals surface area contributed by atoms with Crippen LogP contribution in [0.25, 0.3) is 0 Å². The van der Waals surface area contributed by atoms with Gasteiger partial charge in [-0.05, 0) is 37.8 Å². The maximum Gasteiger partial charge on any atom is 0.147 e. The second-order valence-corrected chi connectivity index (χ2v) is 6.42. The van der Waals surface area contributed by atoms with Crippen LogP contribution in [0.3, 0.4) is 0 Å². The Balaban J connectivity index is 1.53. The molecule has 0 spiro atoms. The molecule has 0 aliphatic carbocycles. The van der Waals surface area contributed by atoms with Crippen LogP contribution in [0.5, 0.6) is 5.75 Å². The molecule has 0 bridgehead atoms. The van der Waals surface area contributed by atoms with Gasteiger partial charge in [0.1, 0.15) is 17.6 Å². The quantitative estimate of drug-likeness (QED) is 0.849. The lowest BCUT2D eigenvalue weighted by molar-refractivity contribution is 0.222. The number of nitrogens with zero attached hydrogens (tertiary/aromatic N) is 4. The van der Waals surface area contributed by atoms with Gasteiger partial charge in [-0.15, -0.1) is 0 Å². The Morgan fingerprint density at radius 3 is 2.79 bits per heavy atom. The smallest absolute Gasteiger partial charge is 0.147 e. The average molecular weight is 343 g/mol. The minimum Gasteiger partial charge on any atom is -0.493 e. The van der Waals surface area contributed by atoms with E-state index in [0.717, 1.165) is 43.2 Å². The van der Waals surface area contributed by atoms with Crippen LogP contribution in [0.1, 0.15) is 24.1 Å². The number of piperidine rings is 1. The van der Waals surface area contributed by atoms with Crippen LogP contribution in [-0.4, -0.2) is 29.7 Å². The molecule has 2 aromatic rings. The maximum absolute atomic E-state index is 8.89. The lowest BCUT2D eigenvalue weighted by atomic mass is 9.98. The van der Waals surface area contributed by atoms with Gasteiger partial charge in [-0.2, -0.15) is 5.26 Å². The highest BCUT2D eigenvalue weighted by Gasteiger charge is 2.22. The first-order chi connectivity index (χ1) is 11.7. The Kier molecular flexibility index (Phi) is 5.17. The van der Waals surface area contributed by atoms with E-state index in [-0.39, 0.29) is 0 Å². The van der Waals surface area contributed by atoms with Crippen molar-refractivity contribution in [3.63, 3.8) is 0 Å². The van der Waals surface area contributed by atoms with E-state index in [1.54, 1.807) is 18.5 Å². The molecule has 0 saturated carbocycles. The zero-order valence-electron chi connectivity index (χ0n) is 13.6. The summed E-state index contributed by atoms with van der Waals surface area (Å²) in [6.45, 7) is 4.45. The van der Waals surface area contributed by atoms with Crippen LogP contribution >= 0.6 is 11.6 Å². The van der Waals surface area contributed by atoms with Crippen LogP contribution in [0.2, 0.25) is 5.02 Å². The molecule has 0 atom stereocenters.